The monoisotopic (exact) mass is 426 g/mol. The zero-order valence-corrected chi connectivity index (χ0v) is 15.2. The second-order valence-electron chi connectivity index (χ2n) is 6.00. The Morgan fingerprint density at radius 1 is 1.35 bits per heavy atom. The second kappa shape index (κ2) is 7.19. The van der Waals surface area contributed by atoms with Gasteiger partial charge in [0.05, 0.1) is 24.7 Å². The smallest absolute Gasteiger partial charge is 0.135 e. The normalized spacial score (nSPS) is 18.8. The van der Waals surface area contributed by atoms with Crippen LogP contribution in [0.2, 0.25) is 0 Å². The molecule has 1 radical (unpaired) electrons. The summed E-state index contributed by atoms with van der Waals surface area (Å²) in [6.45, 7) is 3.81. The van der Waals surface area contributed by atoms with Crippen molar-refractivity contribution in [1.29, 1.82) is 0 Å². The number of H-pyrrole nitrogens is 1. The van der Waals surface area contributed by atoms with E-state index >= 15 is 0 Å². The van der Waals surface area contributed by atoms with Crippen LogP contribution in [0.4, 0.5) is 0 Å². The summed E-state index contributed by atoms with van der Waals surface area (Å²) in [7, 11) is 0. The lowest BCUT2D eigenvalue weighted by molar-refractivity contribution is -0.00511. The van der Waals surface area contributed by atoms with Gasteiger partial charge in [-0.1, -0.05) is 27.3 Å². The van der Waals surface area contributed by atoms with Crippen molar-refractivity contribution in [2.45, 2.75) is 32.1 Å². The van der Waals surface area contributed by atoms with E-state index in [1.807, 2.05) is 6.20 Å². The van der Waals surface area contributed by atoms with E-state index in [1.165, 1.54) is 9.13 Å². The Balaban J connectivity index is 1.25. The molecule has 1 aromatic carbocycles. The Morgan fingerprint density at radius 2 is 2.26 bits per heavy atom. The van der Waals surface area contributed by atoms with Crippen molar-refractivity contribution in [3.63, 3.8) is 0 Å². The summed E-state index contributed by atoms with van der Waals surface area (Å²) in [5, 5.41) is 0. The number of rotatable bonds is 5. The first-order valence-corrected chi connectivity index (χ1v) is 10.6. The van der Waals surface area contributed by atoms with Crippen LogP contribution in [-0.2, 0) is 17.9 Å². The van der Waals surface area contributed by atoms with Crippen molar-refractivity contribution in [3.05, 3.63) is 45.6 Å². The van der Waals surface area contributed by atoms with Crippen molar-refractivity contribution in [2.75, 3.05) is 17.7 Å². The fourth-order valence-corrected chi connectivity index (χ4v) is 5.03. The molecule has 4 rings (SSSR count). The highest BCUT2D eigenvalue weighted by atomic mass is 127. The molecule has 2 aliphatic rings. The number of imidazole rings is 1. The molecule has 1 N–H and O–H groups in total. The van der Waals surface area contributed by atoms with E-state index in [9.17, 15) is 0 Å². The molecule has 2 aliphatic heterocycles. The van der Waals surface area contributed by atoms with E-state index in [4.69, 9.17) is 9.47 Å². The summed E-state index contributed by atoms with van der Waals surface area (Å²) < 4.78 is 14.1. The Bertz CT molecular complexity index is 639. The van der Waals surface area contributed by atoms with Crippen molar-refractivity contribution in [2.24, 2.45) is 0 Å². The molecule has 5 nitrogen and oxygen atoms in total. The van der Waals surface area contributed by atoms with Crippen LogP contribution >= 0.6 is 21.2 Å². The van der Waals surface area contributed by atoms with E-state index in [0.717, 1.165) is 48.5 Å². The number of likely N-dealkylation sites (tertiary alicyclic amines) is 1. The van der Waals surface area contributed by atoms with E-state index in [0.29, 0.717) is 12.7 Å². The van der Waals surface area contributed by atoms with Gasteiger partial charge >= 0.3 is 0 Å². The maximum atomic E-state index is 5.96. The number of ether oxygens (including phenoxy) is 2. The van der Waals surface area contributed by atoms with Crippen LogP contribution in [0, 0.1) is 3.57 Å². The Morgan fingerprint density at radius 3 is 3.09 bits per heavy atom. The average Bonchev–Trinajstić information content (AvgIpc) is 3.25. The molecule has 0 saturated carbocycles. The minimum Gasteiger partial charge on any atom is -0.483 e. The number of halogens is 1. The maximum absolute atomic E-state index is 5.96. The topological polar surface area (TPSA) is 50.4 Å². The largest absolute Gasteiger partial charge is 0.483 e. The summed E-state index contributed by atoms with van der Waals surface area (Å²) in [5.74, 6) is 1.13. The third-order valence-corrected chi connectivity index (χ3v) is 6.70. The van der Waals surface area contributed by atoms with Crippen LogP contribution in [0.5, 0.6) is 5.75 Å². The molecule has 3 heterocycles. The van der Waals surface area contributed by atoms with Gasteiger partial charge in [0.1, 0.15) is 10.4 Å². The number of alkyl halides is 1. The summed E-state index contributed by atoms with van der Waals surface area (Å²) in [6.07, 6.45) is 6.14. The third kappa shape index (κ3) is 3.87. The molecule has 1 aromatic heterocycles. The van der Waals surface area contributed by atoms with Crippen LogP contribution in [0.3, 0.4) is 0 Å². The molecule has 123 valence electrons. The number of benzene rings is 1. The molecule has 23 heavy (non-hydrogen) atoms. The Labute approximate surface area is 146 Å². The zero-order valence-electron chi connectivity index (χ0n) is 13.0. The SMILES string of the molecule is c1nc(COC2CCN(Cc3ccc4c(c3)OC[I]4)CC2)c[nH]1. The molecular weight excluding hydrogens is 405 g/mol. The first-order chi connectivity index (χ1) is 11.4. The highest BCUT2D eigenvalue weighted by Gasteiger charge is 2.21. The molecule has 6 heteroatoms. The second-order valence-corrected chi connectivity index (χ2v) is 8.55. The predicted octanol–water partition coefficient (Wildman–Crippen LogP) is 3.08. The van der Waals surface area contributed by atoms with E-state index < -0.39 is 0 Å². The van der Waals surface area contributed by atoms with Gasteiger partial charge in [-0.15, -0.1) is 0 Å². The number of nitrogens with one attached hydrogen (secondary N) is 1. The van der Waals surface area contributed by atoms with E-state index in [2.05, 4.69) is 33.1 Å². The van der Waals surface area contributed by atoms with Crippen molar-refractivity contribution in [1.82, 2.24) is 14.9 Å². The minimum absolute atomic E-state index is 0.103. The fraction of sp³-hybridized carbons (Fsp3) is 0.471. The summed E-state index contributed by atoms with van der Waals surface area (Å²) in [4.78, 5) is 9.68. The predicted molar refractivity (Wildman–Crippen MR) is 96.3 cm³/mol. The van der Waals surface area contributed by atoms with Gasteiger partial charge in [-0.05, 0) is 30.5 Å². The molecule has 0 unspecified atom stereocenters. The molecule has 0 spiro atoms. The molecular formula is C17H21IN3O2. The summed E-state index contributed by atoms with van der Waals surface area (Å²) in [6, 6.07) is 6.78. The maximum Gasteiger partial charge on any atom is 0.135 e. The van der Waals surface area contributed by atoms with Crippen LogP contribution in [0.1, 0.15) is 24.1 Å². The van der Waals surface area contributed by atoms with Crippen LogP contribution < -0.4 is 4.74 Å². The number of aromatic nitrogens is 2. The van der Waals surface area contributed by atoms with E-state index in [1.54, 1.807) is 6.33 Å². The molecule has 0 atom stereocenters. The number of piperidine rings is 1. The molecule has 1 saturated heterocycles. The standard InChI is InChI=1S/C17H21IN3O2/c1-2-16-17(23-11-18-16)7-13(1)9-21-5-3-15(4-6-21)22-10-14-8-19-12-20-14/h1-2,7-8,12,15H,3-6,9-11H2,(H,19,20). The summed E-state index contributed by atoms with van der Waals surface area (Å²) in [5.41, 5.74) is 2.35. The van der Waals surface area contributed by atoms with Crippen molar-refractivity contribution >= 4 is 21.2 Å². The Hall–Kier alpha value is -1.12. The highest BCUT2D eigenvalue weighted by Crippen LogP contribution is 2.38. The van der Waals surface area contributed by atoms with Crippen LogP contribution in [0.15, 0.2) is 30.7 Å². The lowest BCUT2D eigenvalue weighted by Crippen LogP contribution is -2.36. The van der Waals surface area contributed by atoms with Gasteiger partial charge in [0, 0.05) is 29.4 Å². The van der Waals surface area contributed by atoms with Gasteiger partial charge < -0.3 is 14.5 Å². The quantitative estimate of drug-likeness (QED) is 0.590. The average molecular weight is 426 g/mol. The van der Waals surface area contributed by atoms with Gasteiger partial charge in [0.2, 0.25) is 0 Å². The first kappa shape index (κ1) is 15.4. The molecule has 1 fully saturated rings. The Kier molecular flexibility index (Phi) is 4.82. The first-order valence-electron chi connectivity index (χ1n) is 8.03. The van der Waals surface area contributed by atoms with Crippen LogP contribution in [0.25, 0.3) is 0 Å². The van der Waals surface area contributed by atoms with Gasteiger partial charge in [-0.2, -0.15) is 0 Å². The number of fused-ring (bicyclic) bond motifs is 1. The highest BCUT2D eigenvalue weighted by molar-refractivity contribution is 14.2. The van der Waals surface area contributed by atoms with Crippen molar-refractivity contribution in [3.8, 4) is 5.75 Å². The zero-order chi connectivity index (χ0) is 15.5. The summed E-state index contributed by atoms with van der Waals surface area (Å²) >= 11 is 0.103. The van der Waals surface area contributed by atoms with Gasteiger partial charge in [-0.3, -0.25) is 4.90 Å². The molecule has 2 aromatic rings. The number of hydrogen-bond acceptors (Lipinski definition) is 4. The van der Waals surface area contributed by atoms with Crippen LogP contribution in [-0.4, -0.2) is 38.7 Å². The molecule has 0 amide bonds. The molecule has 0 aliphatic carbocycles. The lowest BCUT2D eigenvalue weighted by atomic mass is 10.1. The minimum atomic E-state index is 0.103. The van der Waals surface area contributed by atoms with Gasteiger partial charge in [0.15, 0.2) is 0 Å². The number of nitrogens with zero attached hydrogens (tertiary/aromatic N) is 2. The van der Waals surface area contributed by atoms with Gasteiger partial charge in [-0.25, -0.2) is 4.98 Å². The van der Waals surface area contributed by atoms with Crippen molar-refractivity contribution < 1.29 is 9.47 Å². The lowest BCUT2D eigenvalue weighted by Gasteiger charge is -2.31. The molecule has 0 bridgehead atoms. The fourth-order valence-electron chi connectivity index (χ4n) is 3.08. The van der Waals surface area contributed by atoms with E-state index in [-0.39, 0.29) is 21.2 Å². The van der Waals surface area contributed by atoms with Gasteiger partial charge in [0.25, 0.3) is 0 Å². The third-order valence-electron chi connectivity index (χ3n) is 4.37. The number of aromatic amines is 1. The number of hydrogen-bond donors (Lipinski definition) is 1.